The molecule has 1 rings (SSSR count). The Balaban J connectivity index is 2.17. The molecule has 1 nitrogen and oxygen atoms in total. The van der Waals surface area contributed by atoms with Gasteiger partial charge in [-0.25, -0.2) is 0 Å². The second-order valence-corrected chi connectivity index (χ2v) is 2.19. The Hall–Kier alpha value is -0.480. The van der Waals surface area contributed by atoms with E-state index in [2.05, 4.69) is 10.8 Å². The predicted molar refractivity (Wildman–Crippen MR) is 34.8 cm³/mol. The van der Waals surface area contributed by atoms with E-state index in [-0.39, 0.29) is 0 Å². The number of hydrogen-bond donors (Lipinski definition) is 0. The Bertz CT molecular complexity index is 95.4. The van der Waals surface area contributed by atoms with E-state index in [4.69, 9.17) is 6.42 Å². The van der Waals surface area contributed by atoms with E-state index in [9.17, 15) is 0 Å². The Morgan fingerprint density at radius 2 is 2.00 bits per heavy atom. The summed E-state index contributed by atoms with van der Waals surface area (Å²) in [5.74, 6) is 2.64. The molecule has 1 heteroatoms. The van der Waals surface area contributed by atoms with Gasteiger partial charge in [0.1, 0.15) is 13.1 Å². The second-order valence-electron chi connectivity index (χ2n) is 2.19. The van der Waals surface area contributed by atoms with Gasteiger partial charge in [0.25, 0.3) is 0 Å². The Kier molecular flexibility index (Phi) is 1.93. The zero-order chi connectivity index (χ0) is 5.82. The first-order valence-corrected chi connectivity index (χ1v) is 3.09. The molecule has 1 fully saturated rings. The molecule has 0 N–H and O–H groups in total. The van der Waals surface area contributed by atoms with Crippen LogP contribution in [0.3, 0.4) is 0 Å². The molecule has 1 aliphatic rings. The summed E-state index contributed by atoms with van der Waals surface area (Å²) in [7, 11) is 0. The van der Waals surface area contributed by atoms with Crippen LogP contribution in [0, 0.1) is 12.3 Å². The fourth-order valence-corrected chi connectivity index (χ4v) is 1.07. The molecule has 8 heavy (non-hydrogen) atoms. The van der Waals surface area contributed by atoms with Crippen LogP contribution in [0.25, 0.3) is 0 Å². The highest BCUT2D eigenvalue weighted by Crippen LogP contribution is 2.01. The van der Waals surface area contributed by atoms with Crippen molar-refractivity contribution < 1.29 is 0 Å². The van der Waals surface area contributed by atoms with E-state index in [0.29, 0.717) is 0 Å². The topological polar surface area (TPSA) is 5.90 Å². The van der Waals surface area contributed by atoms with Crippen molar-refractivity contribution >= 4 is 0 Å². The second kappa shape index (κ2) is 2.74. The summed E-state index contributed by atoms with van der Waals surface area (Å²) in [6.45, 7) is 3.27. The number of likely N-dealkylation sites (tertiary alicyclic amines) is 1. The smallest absolute Gasteiger partial charge is 0.159 e. The first kappa shape index (κ1) is 5.65. The van der Waals surface area contributed by atoms with Crippen molar-refractivity contribution in [1.29, 1.82) is 0 Å². The van der Waals surface area contributed by atoms with Crippen LogP contribution in [0.2, 0.25) is 0 Å². The van der Waals surface area contributed by atoms with E-state index in [0.717, 1.165) is 6.54 Å². The minimum absolute atomic E-state index is 0.847. The molecule has 0 spiro atoms. The highest BCUT2D eigenvalue weighted by atomic mass is 15.1. The van der Waals surface area contributed by atoms with Crippen LogP contribution in [-0.4, -0.2) is 19.6 Å². The van der Waals surface area contributed by atoms with Crippen LogP contribution >= 0.6 is 0 Å². The van der Waals surface area contributed by atoms with Gasteiger partial charge in [-0.3, -0.25) is 0 Å². The monoisotopic (exact) mass is 109 g/mol. The van der Waals surface area contributed by atoms with E-state index in [1.165, 1.54) is 25.9 Å². The van der Waals surface area contributed by atoms with Gasteiger partial charge >= 0.3 is 0 Å². The molecule has 0 aromatic rings. The molecule has 0 aliphatic carbocycles. The van der Waals surface area contributed by atoms with Crippen molar-refractivity contribution in [1.82, 2.24) is 4.90 Å². The van der Waals surface area contributed by atoms with Crippen LogP contribution in [0.1, 0.15) is 12.8 Å². The third-order valence-corrected chi connectivity index (χ3v) is 1.51. The summed E-state index contributed by atoms with van der Waals surface area (Å²) in [6, 6.07) is 0. The summed E-state index contributed by atoms with van der Waals surface area (Å²) >= 11 is 0. The summed E-state index contributed by atoms with van der Waals surface area (Å²) < 4.78 is 0. The van der Waals surface area contributed by atoms with Gasteiger partial charge < -0.3 is 0 Å². The molecule has 1 aliphatic heterocycles. The first-order valence-electron chi connectivity index (χ1n) is 3.09. The number of nitrogens with zero attached hydrogens (tertiary/aromatic N) is 1. The minimum Gasteiger partial charge on any atom is -0.159 e. The molecule has 0 unspecified atom stereocenters. The van der Waals surface area contributed by atoms with Crippen LogP contribution in [0.5, 0.6) is 0 Å². The third-order valence-electron chi connectivity index (χ3n) is 1.51. The van der Waals surface area contributed by atoms with Gasteiger partial charge in [-0.15, -0.1) is 6.42 Å². The van der Waals surface area contributed by atoms with Gasteiger partial charge in [-0.05, 0) is 5.92 Å². The maximum atomic E-state index is 5.12. The largest absolute Gasteiger partial charge is 0.183 e. The van der Waals surface area contributed by atoms with Gasteiger partial charge in [0.05, 0.1) is 0 Å². The van der Waals surface area contributed by atoms with Crippen LogP contribution < -0.4 is 4.90 Å². The molecule has 1 saturated heterocycles. The first-order chi connectivity index (χ1) is 3.93. The number of hydrogen-bond acceptors (Lipinski definition) is 1. The fourth-order valence-electron chi connectivity index (χ4n) is 1.07. The van der Waals surface area contributed by atoms with Gasteiger partial charge in [-0.1, -0.05) is 0 Å². The lowest BCUT2D eigenvalue weighted by molar-refractivity contribution is 0.542. The van der Waals surface area contributed by atoms with Crippen molar-refractivity contribution in [3.8, 4) is 12.3 Å². The van der Waals surface area contributed by atoms with Crippen molar-refractivity contribution in [2.45, 2.75) is 12.8 Å². The summed E-state index contributed by atoms with van der Waals surface area (Å²) in [5, 5.41) is 0. The molecule has 0 atom stereocenters. The maximum Gasteiger partial charge on any atom is 0.183 e. The molecular weight excluding hydrogens is 98.1 g/mol. The number of rotatable bonds is 1. The highest BCUT2D eigenvalue weighted by molar-refractivity contribution is 4.91. The summed E-state index contributed by atoms with van der Waals surface area (Å²) in [4.78, 5) is 2.31. The van der Waals surface area contributed by atoms with Crippen molar-refractivity contribution in [3.63, 3.8) is 0 Å². The van der Waals surface area contributed by atoms with Crippen molar-refractivity contribution in [3.05, 3.63) is 0 Å². The molecule has 0 aromatic heterocycles. The lowest BCUT2D eigenvalue weighted by Crippen LogP contribution is -2.25. The lowest BCUT2D eigenvalue weighted by atomic mass is 10.4. The Morgan fingerprint density at radius 1 is 1.38 bits per heavy atom. The van der Waals surface area contributed by atoms with Gasteiger partial charge in [-0.2, -0.15) is 4.90 Å². The van der Waals surface area contributed by atoms with E-state index < -0.39 is 0 Å². The molecule has 0 saturated carbocycles. The summed E-state index contributed by atoms with van der Waals surface area (Å²) in [5.41, 5.74) is 0. The molecule has 1 heterocycles. The summed E-state index contributed by atoms with van der Waals surface area (Å²) in [6.07, 6.45) is 7.79. The average Bonchev–Trinajstić information content (AvgIpc) is 2.19. The lowest BCUT2D eigenvalue weighted by Gasteiger charge is -1.95. The zero-order valence-electron chi connectivity index (χ0n) is 5.06. The van der Waals surface area contributed by atoms with E-state index >= 15 is 0 Å². The molecule has 0 bridgehead atoms. The Morgan fingerprint density at radius 3 is 2.50 bits per heavy atom. The van der Waals surface area contributed by atoms with E-state index in [1.54, 1.807) is 0 Å². The average molecular weight is 109 g/mol. The standard InChI is InChI=1S/C7H11N/c1-2-5-8-6-3-4-7-8/h1H,3-7H2/q+1. The SMILES string of the molecule is C#CC[N+]1CCCC1. The normalized spacial score (nSPS) is 20.9. The van der Waals surface area contributed by atoms with Crippen molar-refractivity contribution in [2.75, 3.05) is 19.6 Å². The molecule has 43 valence electrons. The van der Waals surface area contributed by atoms with Crippen LogP contribution in [-0.2, 0) is 0 Å². The van der Waals surface area contributed by atoms with E-state index in [1.807, 2.05) is 0 Å². The maximum absolute atomic E-state index is 5.12. The van der Waals surface area contributed by atoms with Crippen LogP contribution in [0.4, 0.5) is 0 Å². The minimum atomic E-state index is 0.847. The predicted octanol–water partition coefficient (Wildman–Crippen LogP) is 0.553. The molecule has 0 aromatic carbocycles. The zero-order valence-corrected chi connectivity index (χ0v) is 5.06. The van der Waals surface area contributed by atoms with Gasteiger partial charge in [0.2, 0.25) is 0 Å². The van der Waals surface area contributed by atoms with Gasteiger partial charge in [0.15, 0.2) is 6.54 Å². The Labute approximate surface area is 50.7 Å². The fraction of sp³-hybridized carbons (Fsp3) is 0.714. The molecular formula is C7H11N+. The third kappa shape index (κ3) is 1.24. The van der Waals surface area contributed by atoms with Crippen LogP contribution in [0.15, 0.2) is 0 Å². The van der Waals surface area contributed by atoms with Gasteiger partial charge in [0, 0.05) is 12.8 Å². The molecule has 1 radical (unpaired) electrons. The quantitative estimate of drug-likeness (QED) is 0.342. The molecule has 0 amide bonds. The highest BCUT2D eigenvalue weighted by Gasteiger charge is 2.18. The van der Waals surface area contributed by atoms with Crippen molar-refractivity contribution in [2.24, 2.45) is 0 Å². The number of terminal acetylenes is 1.